The van der Waals surface area contributed by atoms with Crippen molar-refractivity contribution in [2.24, 2.45) is 0 Å². The second kappa shape index (κ2) is 9.82. The fourth-order valence-electron chi connectivity index (χ4n) is 3.83. The molecule has 1 aliphatic rings. The molecular weight excluding hydrogens is 415 g/mol. The molecule has 8 heteroatoms. The molecular formula is C24H27FN2O5. The number of methoxy groups -OCH3 is 2. The second-order valence-corrected chi connectivity index (χ2v) is 7.74. The monoisotopic (exact) mass is 442 g/mol. The topological polar surface area (TPSA) is 79.3 Å². The number of likely N-dealkylation sites (tertiary alicyclic amines) is 1. The van der Waals surface area contributed by atoms with Gasteiger partial charge in [0, 0.05) is 18.2 Å². The molecule has 170 valence electrons. The van der Waals surface area contributed by atoms with Crippen molar-refractivity contribution < 1.29 is 28.6 Å². The molecule has 1 atom stereocenters. The highest BCUT2D eigenvalue weighted by atomic mass is 19.1. The highest BCUT2D eigenvalue weighted by Crippen LogP contribution is 2.42. The number of hydrogen-bond acceptors (Lipinski definition) is 6. The van der Waals surface area contributed by atoms with Gasteiger partial charge in [0.05, 0.1) is 31.4 Å². The molecule has 0 aliphatic carbocycles. The summed E-state index contributed by atoms with van der Waals surface area (Å²) in [5.41, 5.74) is 0.180. The van der Waals surface area contributed by atoms with E-state index >= 15 is 0 Å². The number of aliphatic hydroxyl groups excluding tert-OH is 1. The number of rotatable bonds is 8. The Hall–Kier alpha value is -3.39. The fourth-order valence-corrected chi connectivity index (χ4v) is 3.83. The average molecular weight is 442 g/mol. The van der Waals surface area contributed by atoms with Crippen LogP contribution < -0.4 is 9.47 Å². The van der Waals surface area contributed by atoms with Gasteiger partial charge >= 0.3 is 0 Å². The zero-order chi connectivity index (χ0) is 23.4. The van der Waals surface area contributed by atoms with E-state index in [-0.39, 0.29) is 29.0 Å². The number of aliphatic hydroxyl groups is 1. The standard InChI is InChI=1S/C24H27FN2O5/c1-26(2)12-7-13-27-21(16-8-5-6-9-18(16)25)20(23(29)24(27)30)22(28)17-11-10-15(31-3)14-19(17)32-4/h5-6,8-11,14,21,28H,7,12-13H2,1-4H3/t21-/m1/s1. The number of ether oxygens (including phenoxy) is 2. The molecule has 32 heavy (non-hydrogen) atoms. The number of benzene rings is 2. The lowest BCUT2D eigenvalue weighted by molar-refractivity contribution is -0.140. The normalized spacial score (nSPS) is 17.8. The van der Waals surface area contributed by atoms with E-state index in [1.165, 1.54) is 43.4 Å². The maximum absolute atomic E-state index is 14.8. The number of nitrogens with zero attached hydrogens (tertiary/aromatic N) is 2. The van der Waals surface area contributed by atoms with Crippen LogP contribution in [-0.4, -0.2) is 68.0 Å². The van der Waals surface area contributed by atoms with E-state index < -0.39 is 29.3 Å². The van der Waals surface area contributed by atoms with Crippen LogP contribution >= 0.6 is 0 Å². The number of Topliss-reactive ketones (excluding diaryl/α,β-unsaturated/α-hetero) is 1. The number of carbonyl (C=O) groups excluding carboxylic acids is 2. The van der Waals surface area contributed by atoms with Gasteiger partial charge in [0.1, 0.15) is 23.1 Å². The molecule has 2 aromatic rings. The van der Waals surface area contributed by atoms with Crippen LogP contribution in [0, 0.1) is 5.82 Å². The third kappa shape index (κ3) is 4.45. The summed E-state index contributed by atoms with van der Waals surface area (Å²) in [5.74, 6) is -1.87. The van der Waals surface area contributed by atoms with Gasteiger partial charge < -0.3 is 24.4 Å². The van der Waals surface area contributed by atoms with Gasteiger partial charge in [-0.25, -0.2) is 4.39 Å². The predicted molar refractivity (Wildman–Crippen MR) is 118 cm³/mol. The molecule has 1 aliphatic heterocycles. The van der Waals surface area contributed by atoms with Crippen molar-refractivity contribution >= 4 is 17.4 Å². The first-order valence-electron chi connectivity index (χ1n) is 10.2. The first-order chi connectivity index (χ1) is 15.3. The Kier molecular flexibility index (Phi) is 7.15. The first kappa shape index (κ1) is 23.3. The number of amides is 1. The van der Waals surface area contributed by atoms with Crippen LogP contribution in [0.1, 0.15) is 23.6 Å². The molecule has 0 radical (unpaired) electrons. The minimum atomic E-state index is -1.05. The SMILES string of the molecule is COc1ccc(C(O)=C2C(=O)C(=O)N(CCCN(C)C)[C@@H]2c2ccccc2F)c(OC)c1. The van der Waals surface area contributed by atoms with E-state index in [9.17, 15) is 19.1 Å². The fraction of sp³-hybridized carbons (Fsp3) is 0.333. The van der Waals surface area contributed by atoms with Gasteiger partial charge in [-0.05, 0) is 45.3 Å². The highest BCUT2D eigenvalue weighted by Gasteiger charge is 2.46. The van der Waals surface area contributed by atoms with Crippen molar-refractivity contribution in [1.29, 1.82) is 0 Å². The Bertz CT molecular complexity index is 1050. The van der Waals surface area contributed by atoms with Crippen LogP contribution in [0.25, 0.3) is 5.76 Å². The Morgan fingerprint density at radius 2 is 1.84 bits per heavy atom. The third-order valence-corrected chi connectivity index (χ3v) is 5.41. The molecule has 3 rings (SSSR count). The van der Waals surface area contributed by atoms with E-state index in [1.807, 2.05) is 19.0 Å². The lowest BCUT2D eigenvalue weighted by Crippen LogP contribution is -2.32. The van der Waals surface area contributed by atoms with Crippen LogP contribution in [0.15, 0.2) is 48.0 Å². The van der Waals surface area contributed by atoms with Gasteiger partial charge in [-0.2, -0.15) is 0 Å². The minimum absolute atomic E-state index is 0.144. The Balaban J connectivity index is 2.16. The van der Waals surface area contributed by atoms with Crippen molar-refractivity contribution in [2.45, 2.75) is 12.5 Å². The van der Waals surface area contributed by atoms with Crippen molar-refractivity contribution in [3.05, 3.63) is 65.0 Å². The third-order valence-electron chi connectivity index (χ3n) is 5.41. The van der Waals surface area contributed by atoms with Crippen LogP contribution in [0.4, 0.5) is 4.39 Å². The number of halogens is 1. The van der Waals surface area contributed by atoms with Gasteiger partial charge in [-0.3, -0.25) is 9.59 Å². The summed E-state index contributed by atoms with van der Waals surface area (Å²) < 4.78 is 25.3. The van der Waals surface area contributed by atoms with E-state index in [4.69, 9.17) is 9.47 Å². The Morgan fingerprint density at radius 3 is 2.47 bits per heavy atom. The minimum Gasteiger partial charge on any atom is -0.507 e. The van der Waals surface area contributed by atoms with Crippen LogP contribution in [-0.2, 0) is 9.59 Å². The molecule has 0 saturated carbocycles. The second-order valence-electron chi connectivity index (χ2n) is 7.74. The highest BCUT2D eigenvalue weighted by molar-refractivity contribution is 6.46. The molecule has 1 N–H and O–H groups in total. The van der Waals surface area contributed by atoms with Gasteiger partial charge in [0.2, 0.25) is 0 Å². The van der Waals surface area contributed by atoms with Crippen molar-refractivity contribution in [2.75, 3.05) is 41.4 Å². The van der Waals surface area contributed by atoms with Gasteiger partial charge in [-0.1, -0.05) is 18.2 Å². The van der Waals surface area contributed by atoms with E-state index in [0.717, 1.165) is 0 Å². The largest absolute Gasteiger partial charge is 0.507 e. The van der Waals surface area contributed by atoms with E-state index in [2.05, 4.69) is 0 Å². The van der Waals surface area contributed by atoms with Crippen molar-refractivity contribution in [3.8, 4) is 11.5 Å². The van der Waals surface area contributed by atoms with Crippen molar-refractivity contribution in [1.82, 2.24) is 9.80 Å². The van der Waals surface area contributed by atoms with Gasteiger partial charge in [0.25, 0.3) is 11.7 Å². The summed E-state index contributed by atoms with van der Waals surface area (Å²) in [6.07, 6.45) is 0.580. The maximum atomic E-state index is 14.8. The summed E-state index contributed by atoms with van der Waals surface area (Å²) in [6, 6.07) is 9.58. The van der Waals surface area contributed by atoms with E-state index in [0.29, 0.717) is 18.7 Å². The number of carbonyl (C=O) groups is 2. The molecule has 1 fully saturated rings. The summed E-state index contributed by atoms with van der Waals surface area (Å²) in [6.45, 7) is 0.914. The quantitative estimate of drug-likeness (QED) is 0.384. The number of hydrogen-bond donors (Lipinski definition) is 1. The molecule has 0 unspecified atom stereocenters. The summed E-state index contributed by atoms with van der Waals surface area (Å²) in [7, 11) is 6.71. The predicted octanol–water partition coefficient (Wildman–Crippen LogP) is 3.22. The molecule has 7 nitrogen and oxygen atoms in total. The Labute approximate surface area is 186 Å². The summed E-state index contributed by atoms with van der Waals surface area (Å²) >= 11 is 0. The van der Waals surface area contributed by atoms with Crippen LogP contribution in [0.2, 0.25) is 0 Å². The molecule has 1 saturated heterocycles. The zero-order valence-electron chi connectivity index (χ0n) is 18.6. The van der Waals surface area contributed by atoms with E-state index in [1.54, 1.807) is 18.2 Å². The zero-order valence-corrected chi connectivity index (χ0v) is 18.6. The molecule has 1 amide bonds. The summed E-state index contributed by atoms with van der Waals surface area (Å²) in [5, 5.41) is 11.2. The van der Waals surface area contributed by atoms with Gasteiger partial charge in [0.15, 0.2) is 0 Å². The van der Waals surface area contributed by atoms with Crippen LogP contribution in [0.3, 0.4) is 0 Å². The Morgan fingerprint density at radius 1 is 1.12 bits per heavy atom. The molecule has 0 bridgehead atoms. The lowest BCUT2D eigenvalue weighted by Gasteiger charge is -2.26. The number of ketones is 1. The lowest BCUT2D eigenvalue weighted by atomic mass is 9.94. The molecule has 1 heterocycles. The molecule has 0 spiro atoms. The molecule has 0 aromatic heterocycles. The average Bonchev–Trinajstić information content (AvgIpc) is 3.03. The van der Waals surface area contributed by atoms with Crippen LogP contribution in [0.5, 0.6) is 11.5 Å². The summed E-state index contributed by atoms with van der Waals surface area (Å²) in [4.78, 5) is 29.2. The van der Waals surface area contributed by atoms with Gasteiger partial charge in [-0.15, -0.1) is 0 Å². The first-order valence-corrected chi connectivity index (χ1v) is 10.2. The smallest absolute Gasteiger partial charge is 0.295 e. The molecule has 2 aromatic carbocycles. The van der Waals surface area contributed by atoms with Crippen molar-refractivity contribution in [3.63, 3.8) is 0 Å². The maximum Gasteiger partial charge on any atom is 0.295 e.